The highest BCUT2D eigenvalue weighted by molar-refractivity contribution is 7.22. The number of hydrogen-bond acceptors (Lipinski definition) is 5. The van der Waals surface area contributed by atoms with Gasteiger partial charge in [0.15, 0.2) is 5.78 Å². The predicted octanol–water partition coefficient (Wildman–Crippen LogP) is 4.48. The van der Waals surface area contributed by atoms with Crippen molar-refractivity contribution < 1.29 is 4.79 Å². The smallest absolute Gasteiger partial charge is 0.204 e. The van der Waals surface area contributed by atoms with Crippen molar-refractivity contribution in [2.45, 2.75) is 38.5 Å². The lowest BCUT2D eigenvalue weighted by atomic mass is 9.65. The van der Waals surface area contributed by atoms with Crippen molar-refractivity contribution in [2.24, 2.45) is 28.8 Å². The third-order valence-electron chi connectivity index (χ3n) is 6.16. The van der Waals surface area contributed by atoms with Crippen LogP contribution in [0.3, 0.4) is 0 Å². The maximum atomic E-state index is 12.9. The summed E-state index contributed by atoms with van der Waals surface area (Å²) in [6.07, 6.45) is 7.27. The van der Waals surface area contributed by atoms with E-state index in [2.05, 4.69) is 21.6 Å². The number of Topliss-reactive ketones (excluding diaryl/α,β-unsaturated/α-hetero) is 1. The minimum atomic E-state index is 0.241. The van der Waals surface area contributed by atoms with Gasteiger partial charge in [0.1, 0.15) is 5.71 Å². The van der Waals surface area contributed by atoms with Gasteiger partial charge < -0.3 is 0 Å². The Hall–Kier alpha value is -1.75. The molecule has 3 aliphatic rings. The molecule has 4 nitrogen and oxygen atoms in total. The Morgan fingerprint density at radius 2 is 1.88 bits per heavy atom. The van der Waals surface area contributed by atoms with Gasteiger partial charge in [-0.15, -0.1) is 0 Å². The molecule has 0 aliphatic heterocycles. The van der Waals surface area contributed by atoms with E-state index < -0.39 is 0 Å². The van der Waals surface area contributed by atoms with E-state index in [1.807, 2.05) is 18.2 Å². The maximum absolute atomic E-state index is 12.9. The molecule has 0 saturated heterocycles. The van der Waals surface area contributed by atoms with Crippen LogP contribution in [0.4, 0.5) is 5.13 Å². The molecule has 0 bridgehead atoms. The number of rotatable bonds is 2. The molecule has 124 valence electrons. The number of hydrazone groups is 1. The van der Waals surface area contributed by atoms with Gasteiger partial charge in [0.2, 0.25) is 5.13 Å². The van der Waals surface area contributed by atoms with E-state index in [-0.39, 0.29) is 5.92 Å². The van der Waals surface area contributed by atoms with Crippen molar-refractivity contribution >= 4 is 38.2 Å². The highest BCUT2D eigenvalue weighted by Crippen LogP contribution is 2.52. The summed E-state index contributed by atoms with van der Waals surface area (Å²) in [4.78, 5) is 17.4. The third kappa shape index (κ3) is 2.21. The third-order valence-corrected chi connectivity index (χ3v) is 7.10. The Bertz CT molecular complexity index is 792. The molecular weight excluding hydrogens is 318 g/mol. The van der Waals surface area contributed by atoms with Gasteiger partial charge in [0.05, 0.1) is 10.2 Å². The maximum Gasteiger partial charge on any atom is 0.204 e. The van der Waals surface area contributed by atoms with Gasteiger partial charge in [-0.3, -0.25) is 10.2 Å². The molecule has 1 N–H and O–H groups in total. The summed E-state index contributed by atoms with van der Waals surface area (Å²) in [5, 5.41) is 5.36. The van der Waals surface area contributed by atoms with Crippen molar-refractivity contribution in [1.82, 2.24) is 4.98 Å². The summed E-state index contributed by atoms with van der Waals surface area (Å²) in [5.74, 6) is 2.25. The number of fused-ring (bicyclic) bond motifs is 1. The molecule has 1 aromatic heterocycles. The largest absolute Gasteiger partial charge is 0.292 e. The number of aromatic nitrogens is 1. The van der Waals surface area contributed by atoms with Crippen LogP contribution in [0, 0.1) is 23.7 Å². The summed E-state index contributed by atoms with van der Waals surface area (Å²) < 4.78 is 1.14. The molecule has 0 amide bonds. The van der Waals surface area contributed by atoms with E-state index in [1.165, 1.54) is 25.7 Å². The van der Waals surface area contributed by atoms with Gasteiger partial charge in [-0.2, -0.15) is 5.10 Å². The second-order valence-electron chi connectivity index (χ2n) is 7.37. The van der Waals surface area contributed by atoms with Gasteiger partial charge in [-0.25, -0.2) is 4.98 Å². The lowest BCUT2D eigenvalue weighted by molar-refractivity contribution is -0.118. The Morgan fingerprint density at radius 1 is 1.08 bits per heavy atom. The minimum absolute atomic E-state index is 0.241. The molecule has 0 spiro atoms. The molecule has 4 atom stereocenters. The van der Waals surface area contributed by atoms with Gasteiger partial charge in [0.25, 0.3) is 0 Å². The standard InChI is InChI=1S/C19H21N3OS/c23-18-13-8-4-6-11-5-3-7-12(16(11)13)17(18)21-22-19-20-14-9-1-2-10-15(14)24-19/h1-2,9-13,16H,3-8H2,(H,20,22)/b21-17+. The number of benzene rings is 1. The lowest BCUT2D eigenvalue weighted by Crippen LogP contribution is -2.33. The molecule has 24 heavy (non-hydrogen) atoms. The van der Waals surface area contributed by atoms with Crippen molar-refractivity contribution in [3.8, 4) is 0 Å². The Labute approximate surface area is 145 Å². The van der Waals surface area contributed by atoms with Crippen LogP contribution in [-0.2, 0) is 4.79 Å². The number of ketones is 1. The van der Waals surface area contributed by atoms with E-state index >= 15 is 0 Å². The fourth-order valence-corrected chi connectivity index (χ4v) is 6.02. The highest BCUT2D eigenvalue weighted by atomic mass is 32.1. The number of anilines is 1. The van der Waals surface area contributed by atoms with Gasteiger partial charge in [-0.1, -0.05) is 49.2 Å². The van der Waals surface area contributed by atoms with Gasteiger partial charge in [0, 0.05) is 11.8 Å². The SMILES string of the molecule is O=C1/C(=N/Nc2nc3ccccc3s2)C2CCCC3CCCC1C32. The summed E-state index contributed by atoms with van der Waals surface area (Å²) in [7, 11) is 0. The fourth-order valence-electron chi connectivity index (χ4n) is 5.22. The number of nitrogens with one attached hydrogen (secondary N) is 1. The van der Waals surface area contributed by atoms with Crippen LogP contribution >= 0.6 is 11.3 Å². The zero-order chi connectivity index (χ0) is 16.1. The second-order valence-corrected chi connectivity index (χ2v) is 8.40. The summed E-state index contributed by atoms with van der Waals surface area (Å²) in [5.41, 5.74) is 4.88. The van der Waals surface area contributed by atoms with Gasteiger partial charge >= 0.3 is 0 Å². The molecule has 3 aliphatic carbocycles. The first-order valence-corrected chi connectivity index (χ1v) is 9.86. The van der Waals surface area contributed by atoms with E-state index in [1.54, 1.807) is 11.3 Å². The average Bonchev–Trinajstić information content (AvgIpc) is 3.15. The van der Waals surface area contributed by atoms with Crippen molar-refractivity contribution in [2.75, 3.05) is 5.43 Å². The average molecular weight is 339 g/mol. The van der Waals surface area contributed by atoms with Crippen molar-refractivity contribution in [3.63, 3.8) is 0 Å². The normalized spacial score (nSPS) is 33.8. The second kappa shape index (κ2) is 5.66. The number of carbonyl (C=O) groups excluding carboxylic acids is 1. The van der Waals surface area contributed by atoms with Crippen LogP contribution in [0.2, 0.25) is 0 Å². The molecule has 1 aromatic carbocycles. The number of hydrogen-bond donors (Lipinski definition) is 1. The van der Waals surface area contributed by atoms with Crippen LogP contribution < -0.4 is 5.43 Å². The van der Waals surface area contributed by atoms with Gasteiger partial charge in [-0.05, 0) is 36.8 Å². The van der Waals surface area contributed by atoms with E-state index in [4.69, 9.17) is 0 Å². The van der Waals surface area contributed by atoms with Crippen LogP contribution in [0.25, 0.3) is 10.2 Å². The molecule has 5 rings (SSSR count). The monoisotopic (exact) mass is 339 g/mol. The van der Waals surface area contributed by atoms with Crippen LogP contribution in [-0.4, -0.2) is 16.5 Å². The zero-order valence-electron chi connectivity index (χ0n) is 13.6. The number of carbonyl (C=O) groups is 1. The molecule has 3 fully saturated rings. The predicted molar refractivity (Wildman–Crippen MR) is 97.3 cm³/mol. The Kier molecular flexibility index (Phi) is 3.44. The fraction of sp³-hybridized carbons (Fsp3) is 0.526. The molecule has 0 radical (unpaired) electrons. The quantitative estimate of drug-likeness (QED) is 0.821. The Balaban J connectivity index is 1.44. The number of para-hydroxylation sites is 1. The van der Waals surface area contributed by atoms with E-state index in [0.717, 1.165) is 39.8 Å². The zero-order valence-corrected chi connectivity index (χ0v) is 14.4. The molecular formula is C19H21N3OS. The summed E-state index contributed by atoms with van der Waals surface area (Å²) >= 11 is 1.59. The number of nitrogens with zero attached hydrogens (tertiary/aromatic N) is 2. The lowest BCUT2D eigenvalue weighted by Gasteiger charge is -2.39. The topological polar surface area (TPSA) is 54.4 Å². The minimum Gasteiger partial charge on any atom is -0.292 e. The molecule has 2 aromatic rings. The van der Waals surface area contributed by atoms with Crippen LogP contribution in [0.5, 0.6) is 0 Å². The van der Waals surface area contributed by atoms with Crippen molar-refractivity contribution in [3.05, 3.63) is 24.3 Å². The first-order chi connectivity index (χ1) is 11.8. The highest BCUT2D eigenvalue weighted by Gasteiger charge is 2.53. The Morgan fingerprint density at radius 3 is 2.71 bits per heavy atom. The molecule has 5 heteroatoms. The first kappa shape index (κ1) is 14.6. The van der Waals surface area contributed by atoms with E-state index in [0.29, 0.717) is 17.6 Å². The van der Waals surface area contributed by atoms with E-state index in [9.17, 15) is 4.79 Å². The molecule has 3 saturated carbocycles. The van der Waals surface area contributed by atoms with Crippen LogP contribution in [0.15, 0.2) is 29.4 Å². The summed E-state index contributed by atoms with van der Waals surface area (Å²) in [6.45, 7) is 0. The molecule has 4 unspecified atom stereocenters. The molecule has 1 heterocycles. The summed E-state index contributed by atoms with van der Waals surface area (Å²) in [6, 6.07) is 8.08. The van der Waals surface area contributed by atoms with Crippen LogP contribution in [0.1, 0.15) is 38.5 Å². The first-order valence-electron chi connectivity index (χ1n) is 9.04. The number of thiazole rings is 1. The van der Waals surface area contributed by atoms with Crippen molar-refractivity contribution in [1.29, 1.82) is 0 Å².